The van der Waals surface area contributed by atoms with Crippen LogP contribution in [0.4, 0.5) is 0 Å². The van der Waals surface area contributed by atoms with Gasteiger partial charge < -0.3 is 13.9 Å². The number of imidazole rings is 1. The molecule has 5 heteroatoms. The number of nitrogens with one attached hydrogen (secondary N) is 1. The summed E-state index contributed by atoms with van der Waals surface area (Å²) in [4.78, 5) is 7.00. The van der Waals surface area contributed by atoms with Gasteiger partial charge in [-0.2, -0.15) is 0 Å². The van der Waals surface area contributed by atoms with Crippen molar-refractivity contribution in [3.8, 4) is 0 Å². The molecule has 2 aromatic heterocycles. The first-order valence-corrected chi connectivity index (χ1v) is 7.81. The van der Waals surface area contributed by atoms with Crippen molar-refractivity contribution < 1.29 is 4.42 Å². The summed E-state index contributed by atoms with van der Waals surface area (Å²) in [6.45, 7) is 4.49. The van der Waals surface area contributed by atoms with Gasteiger partial charge in [-0.15, -0.1) is 0 Å². The molecule has 3 heterocycles. The number of nitrogens with zero attached hydrogens (tertiary/aromatic N) is 3. The number of hydrogen-bond donors (Lipinski definition) is 1. The minimum Gasteiger partial charge on any atom is -0.467 e. The van der Waals surface area contributed by atoms with Crippen LogP contribution in [0.2, 0.25) is 0 Å². The average Bonchev–Trinajstić information content (AvgIpc) is 3.17. The summed E-state index contributed by atoms with van der Waals surface area (Å²) < 4.78 is 7.63. The highest BCUT2D eigenvalue weighted by atomic mass is 16.3. The van der Waals surface area contributed by atoms with Crippen molar-refractivity contribution in [1.82, 2.24) is 19.8 Å². The number of aryl methyl sites for hydroxylation is 1. The van der Waals surface area contributed by atoms with Crippen molar-refractivity contribution in [1.29, 1.82) is 0 Å². The van der Waals surface area contributed by atoms with E-state index in [2.05, 4.69) is 15.2 Å². The molecule has 1 fully saturated rings. The molecule has 5 nitrogen and oxygen atoms in total. The largest absolute Gasteiger partial charge is 0.467 e. The second-order valence-corrected chi connectivity index (χ2v) is 5.70. The lowest BCUT2D eigenvalue weighted by atomic mass is 10.1. The molecular weight excluding hydrogens is 264 g/mol. The fourth-order valence-corrected chi connectivity index (χ4v) is 2.98. The Morgan fingerprint density at radius 2 is 2.19 bits per heavy atom. The molecule has 0 aromatic carbocycles. The van der Waals surface area contributed by atoms with E-state index in [1.807, 2.05) is 36.1 Å². The molecule has 0 saturated carbocycles. The first kappa shape index (κ1) is 14.4. The molecule has 1 aliphatic rings. The zero-order valence-corrected chi connectivity index (χ0v) is 12.7. The lowest BCUT2D eigenvalue weighted by Gasteiger charge is -2.27. The molecule has 0 amide bonds. The molecule has 3 rings (SSSR count). The molecule has 2 aromatic rings. The average molecular weight is 288 g/mol. The molecule has 1 unspecified atom stereocenters. The normalized spacial score (nSPS) is 18.0. The lowest BCUT2D eigenvalue weighted by molar-refractivity contribution is 0.226. The predicted octanol–water partition coefficient (Wildman–Crippen LogP) is 2.18. The topological polar surface area (TPSA) is 46.2 Å². The number of hydrogen-bond acceptors (Lipinski definition) is 4. The van der Waals surface area contributed by atoms with Crippen LogP contribution in [0.15, 0.2) is 35.2 Å². The van der Waals surface area contributed by atoms with Crippen LogP contribution in [0, 0.1) is 0 Å². The third kappa shape index (κ3) is 3.54. The highest BCUT2D eigenvalue weighted by Crippen LogP contribution is 2.20. The Morgan fingerprint density at radius 1 is 1.33 bits per heavy atom. The van der Waals surface area contributed by atoms with Gasteiger partial charge in [0.2, 0.25) is 0 Å². The molecule has 0 radical (unpaired) electrons. The van der Waals surface area contributed by atoms with Gasteiger partial charge in [-0.25, -0.2) is 4.98 Å². The lowest BCUT2D eigenvalue weighted by Crippen LogP contribution is -2.37. The molecule has 114 valence electrons. The number of aromatic nitrogens is 2. The Morgan fingerprint density at radius 3 is 2.86 bits per heavy atom. The van der Waals surface area contributed by atoms with E-state index in [4.69, 9.17) is 4.42 Å². The highest BCUT2D eigenvalue weighted by Gasteiger charge is 2.20. The summed E-state index contributed by atoms with van der Waals surface area (Å²) in [5, 5.41) is 3.59. The van der Waals surface area contributed by atoms with Gasteiger partial charge in [0.25, 0.3) is 0 Å². The zero-order chi connectivity index (χ0) is 14.5. The van der Waals surface area contributed by atoms with Crippen LogP contribution in [0.3, 0.4) is 0 Å². The predicted molar refractivity (Wildman–Crippen MR) is 82.1 cm³/mol. The number of piperidine rings is 1. The van der Waals surface area contributed by atoms with Crippen molar-refractivity contribution >= 4 is 0 Å². The van der Waals surface area contributed by atoms with E-state index in [1.165, 1.54) is 32.4 Å². The number of likely N-dealkylation sites (tertiary alicyclic amines) is 1. The van der Waals surface area contributed by atoms with Crippen LogP contribution in [0.25, 0.3) is 0 Å². The molecule has 21 heavy (non-hydrogen) atoms. The second kappa shape index (κ2) is 6.91. The maximum absolute atomic E-state index is 5.59. The first-order valence-electron chi connectivity index (χ1n) is 7.81. The van der Waals surface area contributed by atoms with Crippen LogP contribution in [0.5, 0.6) is 0 Å². The molecule has 1 aliphatic heterocycles. The number of rotatable bonds is 6. The molecule has 1 saturated heterocycles. The Kier molecular flexibility index (Phi) is 4.72. The van der Waals surface area contributed by atoms with E-state index in [0.29, 0.717) is 0 Å². The maximum atomic E-state index is 5.59. The summed E-state index contributed by atoms with van der Waals surface area (Å²) >= 11 is 0. The summed E-state index contributed by atoms with van der Waals surface area (Å²) in [6, 6.07) is 3.95. The van der Waals surface area contributed by atoms with Crippen molar-refractivity contribution in [2.45, 2.75) is 25.3 Å². The van der Waals surface area contributed by atoms with E-state index in [1.54, 1.807) is 6.26 Å². The minimum absolute atomic E-state index is 0.0183. The van der Waals surface area contributed by atoms with Crippen LogP contribution in [-0.4, -0.2) is 40.6 Å². The van der Waals surface area contributed by atoms with Gasteiger partial charge in [0, 0.05) is 32.5 Å². The summed E-state index contributed by atoms with van der Waals surface area (Å²) in [7, 11) is 2.02. The van der Waals surface area contributed by atoms with Gasteiger partial charge >= 0.3 is 0 Å². The molecular formula is C16H24N4O. The standard InChI is InChI=1S/C16H24N4O/c1-19-11-7-18-16(19)15(14-6-5-13-21-14)17-8-12-20-9-3-2-4-10-20/h5-7,11,13,15,17H,2-4,8-10,12H2,1H3. The van der Waals surface area contributed by atoms with Gasteiger partial charge in [0.15, 0.2) is 0 Å². The Bertz CT molecular complexity index is 528. The molecule has 1 atom stereocenters. The Hall–Kier alpha value is -1.59. The van der Waals surface area contributed by atoms with Crippen LogP contribution in [-0.2, 0) is 7.05 Å². The van der Waals surface area contributed by atoms with E-state index in [-0.39, 0.29) is 6.04 Å². The third-order valence-corrected chi connectivity index (χ3v) is 4.17. The van der Waals surface area contributed by atoms with Gasteiger partial charge in [-0.05, 0) is 38.1 Å². The fraction of sp³-hybridized carbons (Fsp3) is 0.562. The van der Waals surface area contributed by atoms with E-state index < -0.39 is 0 Å². The quantitative estimate of drug-likeness (QED) is 0.885. The van der Waals surface area contributed by atoms with Crippen molar-refractivity contribution in [3.05, 3.63) is 42.4 Å². The minimum atomic E-state index is 0.0183. The van der Waals surface area contributed by atoms with Gasteiger partial charge in [0.05, 0.1) is 6.26 Å². The van der Waals surface area contributed by atoms with Crippen molar-refractivity contribution in [3.63, 3.8) is 0 Å². The van der Waals surface area contributed by atoms with Crippen LogP contribution < -0.4 is 5.32 Å². The van der Waals surface area contributed by atoms with E-state index in [9.17, 15) is 0 Å². The number of furan rings is 1. The van der Waals surface area contributed by atoms with Crippen LogP contribution >= 0.6 is 0 Å². The monoisotopic (exact) mass is 288 g/mol. The fourth-order valence-electron chi connectivity index (χ4n) is 2.98. The SMILES string of the molecule is Cn1ccnc1C(NCCN1CCCCC1)c1ccco1. The van der Waals surface area contributed by atoms with Crippen LogP contribution in [0.1, 0.15) is 36.9 Å². The second-order valence-electron chi connectivity index (χ2n) is 5.70. The molecule has 0 bridgehead atoms. The first-order chi connectivity index (χ1) is 10.3. The summed E-state index contributed by atoms with van der Waals surface area (Å²) in [6.07, 6.45) is 9.57. The molecule has 0 aliphatic carbocycles. The Balaban J connectivity index is 1.62. The maximum Gasteiger partial charge on any atom is 0.133 e. The third-order valence-electron chi connectivity index (χ3n) is 4.17. The van der Waals surface area contributed by atoms with E-state index in [0.717, 1.165) is 24.7 Å². The Labute approximate surface area is 126 Å². The zero-order valence-electron chi connectivity index (χ0n) is 12.7. The summed E-state index contributed by atoms with van der Waals surface area (Å²) in [5.41, 5.74) is 0. The van der Waals surface area contributed by atoms with Gasteiger partial charge in [-0.3, -0.25) is 5.32 Å². The van der Waals surface area contributed by atoms with Crippen molar-refractivity contribution in [2.75, 3.05) is 26.2 Å². The molecule has 0 spiro atoms. The smallest absolute Gasteiger partial charge is 0.133 e. The highest BCUT2D eigenvalue weighted by molar-refractivity contribution is 5.15. The van der Waals surface area contributed by atoms with Gasteiger partial charge in [0.1, 0.15) is 17.6 Å². The van der Waals surface area contributed by atoms with Gasteiger partial charge in [-0.1, -0.05) is 6.42 Å². The van der Waals surface area contributed by atoms with Crippen molar-refractivity contribution in [2.24, 2.45) is 7.05 Å². The summed E-state index contributed by atoms with van der Waals surface area (Å²) in [5.74, 6) is 1.91. The molecule has 1 N–H and O–H groups in total. The van der Waals surface area contributed by atoms with E-state index >= 15 is 0 Å².